The predicted octanol–water partition coefficient (Wildman–Crippen LogP) is 6.51. The molecule has 0 aromatic heterocycles. The molecule has 0 spiro atoms. The van der Waals surface area contributed by atoms with Gasteiger partial charge in [0.15, 0.2) is 0 Å². The zero-order valence-corrected chi connectivity index (χ0v) is 17.5. The highest BCUT2D eigenvalue weighted by Crippen LogP contribution is 2.43. The fraction of sp³-hybridized carbons (Fsp3) is 0.222. The van der Waals surface area contributed by atoms with E-state index in [1.807, 2.05) is 18.2 Å². The molecular weight excluding hydrogens is 370 g/mol. The Balaban J connectivity index is 1.87. The van der Waals surface area contributed by atoms with E-state index in [0.717, 1.165) is 29.1 Å². The van der Waals surface area contributed by atoms with Crippen LogP contribution in [-0.4, -0.2) is 12.9 Å². The van der Waals surface area contributed by atoms with Gasteiger partial charge in [-0.1, -0.05) is 61.5 Å². The van der Waals surface area contributed by atoms with Crippen LogP contribution in [0.15, 0.2) is 78.9 Å². The molecule has 3 aromatic carbocycles. The molecule has 1 aliphatic heterocycles. The van der Waals surface area contributed by atoms with Gasteiger partial charge in [0.1, 0.15) is 11.5 Å². The molecule has 152 valence electrons. The van der Waals surface area contributed by atoms with E-state index in [0.29, 0.717) is 18.6 Å². The molecule has 1 heterocycles. The van der Waals surface area contributed by atoms with Gasteiger partial charge < -0.3 is 9.64 Å². The molecule has 1 aliphatic rings. The van der Waals surface area contributed by atoms with Gasteiger partial charge in [0, 0.05) is 24.2 Å². The Morgan fingerprint density at radius 3 is 2.33 bits per heavy atom. The third kappa shape index (κ3) is 4.02. The number of hydrogen-bond donors (Lipinski definition) is 0. The molecule has 0 aliphatic carbocycles. The molecule has 0 N–H and O–H groups in total. The lowest BCUT2D eigenvalue weighted by atomic mass is 9.88. The van der Waals surface area contributed by atoms with Gasteiger partial charge in [-0.2, -0.15) is 0 Å². The maximum absolute atomic E-state index is 12.8. The third-order valence-corrected chi connectivity index (χ3v) is 5.59. The maximum Gasteiger partial charge on any atom is 0.135 e. The Bertz CT molecular complexity index is 1040. The summed E-state index contributed by atoms with van der Waals surface area (Å²) in [6, 6.07) is 26.8. The number of Topliss-reactive ketones (excluding diaryl/α,β-unsaturated/α-hetero) is 1. The molecule has 0 bridgehead atoms. The van der Waals surface area contributed by atoms with Crippen molar-refractivity contribution < 1.29 is 9.53 Å². The van der Waals surface area contributed by atoms with Gasteiger partial charge in [0.25, 0.3) is 0 Å². The van der Waals surface area contributed by atoms with Crippen LogP contribution < -0.4 is 9.64 Å². The summed E-state index contributed by atoms with van der Waals surface area (Å²) in [5.41, 5.74) is 5.66. The number of hydrogen-bond acceptors (Lipinski definition) is 3. The average Bonchev–Trinajstić information content (AvgIpc) is 2.79. The zero-order valence-electron chi connectivity index (χ0n) is 17.5. The topological polar surface area (TPSA) is 29.5 Å². The first-order chi connectivity index (χ1) is 14.7. The molecule has 0 radical (unpaired) electrons. The standard InChI is InChI=1S/C27H27NO2/c1-3-9-23(29)19-27-25-13-8-7-12-21(25)18-26(20-10-5-4-6-11-20)28(27)22-14-16-24(30-2)17-15-22/h4-8,10-18,27H,3,9,19H2,1-2H3. The predicted molar refractivity (Wildman–Crippen MR) is 124 cm³/mol. The van der Waals surface area contributed by atoms with E-state index >= 15 is 0 Å². The monoisotopic (exact) mass is 397 g/mol. The summed E-state index contributed by atoms with van der Waals surface area (Å²) in [5.74, 6) is 1.12. The lowest BCUT2D eigenvalue weighted by Crippen LogP contribution is -2.32. The molecule has 0 saturated carbocycles. The van der Waals surface area contributed by atoms with Crippen LogP contribution in [0.1, 0.15) is 48.9 Å². The fourth-order valence-corrected chi connectivity index (χ4v) is 4.16. The van der Waals surface area contributed by atoms with Crippen molar-refractivity contribution in [1.29, 1.82) is 0 Å². The van der Waals surface area contributed by atoms with Gasteiger partial charge >= 0.3 is 0 Å². The summed E-state index contributed by atoms with van der Waals surface area (Å²) >= 11 is 0. The van der Waals surface area contributed by atoms with Crippen molar-refractivity contribution in [3.05, 3.63) is 95.6 Å². The summed E-state index contributed by atoms with van der Waals surface area (Å²) in [5, 5.41) is 0. The maximum atomic E-state index is 12.8. The summed E-state index contributed by atoms with van der Waals surface area (Å²) in [4.78, 5) is 15.1. The van der Waals surface area contributed by atoms with E-state index in [9.17, 15) is 4.79 Å². The minimum atomic E-state index is -0.0474. The van der Waals surface area contributed by atoms with Crippen molar-refractivity contribution in [1.82, 2.24) is 0 Å². The Kier molecular flexibility index (Phi) is 5.99. The summed E-state index contributed by atoms with van der Waals surface area (Å²) in [6.07, 6.45) is 4.20. The van der Waals surface area contributed by atoms with Crippen LogP contribution in [0.3, 0.4) is 0 Å². The first-order valence-corrected chi connectivity index (χ1v) is 10.5. The number of rotatable bonds is 7. The van der Waals surface area contributed by atoms with Crippen molar-refractivity contribution in [2.24, 2.45) is 0 Å². The SMILES string of the molecule is CCCC(=O)CC1c2ccccc2C=C(c2ccccc2)N1c1ccc(OC)cc1. The molecule has 3 heteroatoms. The third-order valence-electron chi connectivity index (χ3n) is 5.59. The van der Waals surface area contributed by atoms with Gasteiger partial charge in [0.05, 0.1) is 13.2 Å². The number of ether oxygens (including phenoxy) is 1. The molecule has 3 aromatic rings. The molecule has 1 atom stereocenters. The normalized spacial score (nSPS) is 15.3. The van der Waals surface area contributed by atoms with Gasteiger partial charge in [-0.05, 0) is 53.5 Å². The van der Waals surface area contributed by atoms with Crippen LogP contribution in [0, 0.1) is 0 Å². The van der Waals surface area contributed by atoms with E-state index in [4.69, 9.17) is 4.74 Å². The van der Waals surface area contributed by atoms with Crippen molar-refractivity contribution in [2.75, 3.05) is 12.0 Å². The lowest BCUT2D eigenvalue weighted by Gasteiger charge is -2.40. The quantitative estimate of drug-likeness (QED) is 0.455. The van der Waals surface area contributed by atoms with E-state index in [1.54, 1.807) is 7.11 Å². The van der Waals surface area contributed by atoms with Crippen LogP contribution >= 0.6 is 0 Å². The minimum absolute atomic E-state index is 0.0474. The number of fused-ring (bicyclic) bond motifs is 1. The molecule has 1 unspecified atom stereocenters. The molecule has 0 saturated heterocycles. The van der Waals surface area contributed by atoms with Crippen molar-refractivity contribution >= 4 is 23.2 Å². The summed E-state index contributed by atoms with van der Waals surface area (Å²) in [6.45, 7) is 2.06. The van der Waals surface area contributed by atoms with E-state index in [-0.39, 0.29) is 6.04 Å². The Hall–Kier alpha value is -3.33. The van der Waals surface area contributed by atoms with Crippen LogP contribution in [0.4, 0.5) is 5.69 Å². The number of carbonyl (C=O) groups is 1. The number of benzene rings is 3. The van der Waals surface area contributed by atoms with E-state index in [1.165, 1.54) is 11.1 Å². The number of nitrogens with zero attached hydrogens (tertiary/aromatic N) is 1. The van der Waals surface area contributed by atoms with Gasteiger partial charge in [0.2, 0.25) is 0 Å². The lowest BCUT2D eigenvalue weighted by molar-refractivity contribution is -0.119. The fourth-order valence-electron chi connectivity index (χ4n) is 4.16. The highest BCUT2D eigenvalue weighted by atomic mass is 16.5. The smallest absolute Gasteiger partial charge is 0.135 e. The number of ketones is 1. The Morgan fingerprint density at radius 1 is 0.933 bits per heavy atom. The van der Waals surface area contributed by atoms with Crippen molar-refractivity contribution in [3.63, 3.8) is 0 Å². The molecule has 0 fully saturated rings. The van der Waals surface area contributed by atoms with Crippen molar-refractivity contribution in [2.45, 2.75) is 32.2 Å². The Morgan fingerprint density at radius 2 is 1.63 bits per heavy atom. The molecule has 3 nitrogen and oxygen atoms in total. The zero-order chi connectivity index (χ0) is 20.9. The van der Waals surface area contributed by atoms with Crippen LogP contribution in [0.5, 0.6) is 5.75 Å². The largest absolute Gasteiger partial charge is 0.497 e. The Labute approximate surface area is 178 Å². The second-order valence-electron chi connectivity index (χ2n) is 7.60. The second kappa shape index (κ2) is 9.00. The molecular formula is C27H27NO2. The van der Waals surface area contributed by atoms with Gasteiger partial charge in [-0.3, -0.25) is 4.79 Å². The molecule has 30 heavy (non-hydrogen) atoms. The van der Waals surface area contributed by atoms with Gasteiger partial charge in [-0.25, -0.2) is 0 Å². The first kappa shape index (κ1) is 20.0. The van der Waals surface area contributed by atoms with Gasteiger partial charge in [-0.15, -0.1) is 0 Å². The highest BCUT2D eigenvalue weighted by Gasteiger charge is 2.31. The highest BCUT2D eigenvalue weighted by molar-refractivity contribution is 5.95. The number of carbonyl (C=O) groups excluding carboxylic acids is 1. The van der Waals surface area contributed by atoms with E-state index in [2.05, 4.69) is 78.6 Å². The average molecular weight is 398 g/mol. The molecule has 4 rings (SSSR count). The summed E-state index contributed by atoms with van der Waals surface area (Å²) in [7, 11) is 1.67. The van der Waals surface area contributed by atoms with E-state index < -0.39 is 0 Å². The summed E-state index contributed by atoms with van der Waals surface area (Å²) < 4.78 is 5.36. The second-order valence-corrected chi connectivity index (χ2v) is 7.60. The number of methoxy groups -OCH3 is 1. The van der Waals surface area contributed by atoms with Crippen LogP contribution in [-0.2, 0) is 4.79 Å². The van der Waals surface area contributed by atoms with Crippen LogP contribution in [0.2, 0.25) is 0 Å². The minimum Gasteiger partial charge on any atom is -0.497 e. The van der Waals surface area contributed by atoms with Crippen LogP contribution in [0.25, 0.3) is 11.8 Å². The number of anilines is 1. The first-order valence-electron chi connectivity index (χ1n) is 10.5. The molecule has 0 amide bonds. The van der Waals surface area contributed by atoms with Crippen molar-refractivity contribution in [3.8, 4) is 5.75 Å².